The quantitative estimate of drug-likeness (QED) is 0.824. The van der Waals surface area contributed by atoms with E-state index in [4.69, 9.17) is 5.11 Å². The maximum atomic E-state index is 11.6. The molecule has 0 saturated carbocycles. The lowest BCUT2D eigenvalue weighted by Gasteiger charge is -2.12. The third-order valence-corrected chi connectivity index (χ3v) is 2.30. The molecule has 1 amide bonds. The first-order valence-corrected chi connectivity index (χ1v) is 5.19. The minimum absolute atomic E-state index is 0.166. The van der Waals surface area contributed by atoms with E-state index in [0.717, 1.165) is 0 Å². The number of rotatable bonds is 4. The third-order valence-electron chi connectivity index (χ3n) is 2.30. The van der Waals surface area contributed by atoms with Gasteiger partial charge in [-0.3, -0.25) is 4.79 Å². The molecule has 0 fully saturated rings. The highest BCUT2D eigenvalue weighted by Crippen LogP contribution is 2.18. The Labute approximate surface area is 100 Å². The van der Waals surface area contributed by atoms with Gasteiger partial charge in [0, 0.05) is 5.69 Å². The van der Waals surface area contributed by atoms with Crippen LogP contribution >= 0.6 is 0 Å². The number of aromatic carboxylic acids is 1. The maximum Gasteiger partial charge on any atom is 0.336 e. The Bertz CT molecular complexity index is 441. The summed E-state index contributed by atoms with van der Waals surface area (Å²) in [6.45, 7) is 1.94. The summed E-state index contributed by atoms with van der Waals surface area (Å²) in [7, 11) is 3.58. The highest BCUT2D eigenvalue weighted by molar-refractivity contribution is 5.96. The summed E-state index contributed by atoms with van der Waals surface area (Å²) in [5.41, 5.74) is 1.30. The Morgan fingerprint density at radius 2 is 2.00 bits per heavy atom. The number of likely N-dealkylation sites (N-methyl/N-ethyl adjacent to an activating group) is 1. The standard InChI is InChI=1S/C12H16N2O3/c1-8-9(12(16)17)5-4-6-10(8)13-11(15)7-14(2)3/h4-6H,7H2,1-3H3,(H,13,15)(H,16,17). The summed E-state index contributed by atoms with van der Waals surface area (Å²) < 4.78 is 0. The van der Waals surface area contributed by atoms with E-state index in [1.165, 1.54) is 6.07 Å². The van der Waals surface area contributed by atoms with Crippen LogP contribution < -0.4 is 5.32 Å². The van der Waals surface area contributed by atoms with E-state index in [1.54, 1.807) is 38.1 Å². The molecule has 0 aliphatic carbocycles. The molecule has 0 aromatic heterocycles. The van der Waals surface area contributed by atoms with Crippen molar-refractivity contribution >= 4 is 17.6 Å². The van der Waals surface area contributed by atoms with E-state index < -0.39 is 5.97 Å². The molecule has 0 atom stereocenters. The van der Waals surface area contributed by atoms with Gasteiger partial charge in [0.1, 0.15) is 0 Å². The monoisotopic (exact) mass is 236 g/mol. The van der Waals surface area contributed by atoms with E-state index in [-0.39, 0.29) is 18.0 Å². The second kappa shape index (κ2) is 5.45. The number of carboxylic acids is 1. The second-order valence-corrected chi connectivity index (χ2v) is 4.07. The minimum Gasteiger partial charge on any atom is -0.478 e. The number of amides is 1. The van der Waals surface area contributed by atoms with Crippen LogP contribution in [0.5, 0.6) is 0 Å². The summed E-state index contributed by atoms with van der Waals surface area (Å²) in [6.07, 6.45) is 0. The summed E-state index contributed by atoms with van der Waals surface area (Å²) in [4.78, 5) is 24.2. The van der Waals surface area contributed by atoms with Crippen molar-refractivity contribution in [2.75, 3.05) is 26.0 Å². The number of hydrogen-bond donors (Lipinski definition) is 2. The van der Waals surface area contributed by atoms with Crippen molar-refractivity contribution in [2.24, 2.45) is 0 Å². The van der Waals surface area contributed by atoms with Gasteiger partial charge in [-0.25, -0.2) is 4.79 Å². The lowest BCUT2D eigenvalue weighted by molar-refractivity contribution is -0.116. The summed E-state index contributed by atoms with van der Waals surface area (Å²) in [5, 5.41) is 11.6. The zero-order chi connectivity index (χ0) is 13.0. The van der Waals surface area contributed by atoms with E-state index in [1.807, 2.05) is 0 Å². The van der Waals surface area contributed by atoms with E-state index in [0.29, 0.717) is 11.3 Å². The van der Waals surface area contributed by atoms with Crippen molar-refractivity contribution in [3.8, 4) is 0 Å². The van der Waals surface area contributed by atoms with Crippen molar-refractivity contribution in [2.45, 2.75) is 6.92 Å². The minimum atomic E-state index is -0.994. The van der Waals surface area contributed by atoms with Crippen LogP contribution in [0.2, 0.25) is 0 Å². The molecule has 0 spiro atoms. The molecule has 0 aliphatic heterocycles. The largest absolute Gasteiger partial charge is 0.478 e. The van der Waals surface area contributed by atoms with Crippen LogP contribution in [-0.4, -0.2) is 42.5 Å². The van der Waals surface area contributed by atoms with Crippen LogP contribution in [0.25, 0.3) is 0 Å². The molecule has 0 heterocycles. The molecular weight excluding hydrogens is 220 g/mol. The summed E-state index contributed by atoms with van der Waals surface area (Å²) in [5.74, 6) is -1.16. The third kappa shape index (κ3) is 3.57. The maximum absolute atomic E-state index is 11.6. The number of carbonyl (C=O) groups excluding carboxylic acids is 1. The lowest BCUT2D eigenvalue weighted by atomic mass is 10.1. The number of hydrogen-bond acceptors (Lipinski definition) is 3. The van der Waals surface area contributed by atoms with Crippen molar-refractivity contribution in [3.63, 3.8) is 0 Å². The molecular formula is C12H16N2O3. The Balaban J connectivity index is 2.89. The highest BCUT2D eigenvalue weighted by atomic mass is 16.4. The van der Waals surface area contributed by atoms with Crippen molar-refractivity contribution < 1.29 is 14.7 Å². The number of anilines is 1. The highest BCUT2D eigenvalue weighted by Gasteiger charge is 2.11. The zero-order valence-corrected chi connectivity index (χ0v) is 10.2. The molecule has 0 unspecified atom stereocenters. The normalized spacial score (nSPS) is 10.4. The molecule has 92 valence electrons. The van der Waals surface area contributed by atoms with Gasteiger partial charge in [-0.15, -0.1) is 0 Å². The average molecular weight is 236 g/mol. The second-order valence-electron chi connectivity index (χ2n) is 4.07. The van der Waals surface area contributed by atoms with Crippen molar-refractivity contribution in [3.05, 3.63) is 29.3 Å². The van der Waals surface area contributed by atoms with E-state index in [2.05, 4.69) is 5.32 Å². The molecule has 0 saturated heterocycles. The Morgan fingerprint density at radius 1 is 1.35 bits per heavy atom. The molecule has 0 radical (unpaired) electrons. The van der Waals surface area contributed by atoms with E-state index >= 15 is 0 Å². The van der Waals surface area contributed by atoms with Crippen molar-refractivity contribution in [1.29, 1.82) is 0 Å². The predicted octanol–water partition coefficient (Wildman–Crippen LogP) is 1.19. The summed E-state index contributed by atoms with van der Waals surface area (Å²) >= 11 is 0. The Morgan fingerprint density at radius 3 is 2.53 bits per heavy atom. The first-order valence-electron chi connectivity index (χ1n) is 5.19. The number of carbonyl (C=O) groups is 2. The number of nitrogens with one attached hydrogen (secondary N) is 1. The van der Waals surface area contributed by atoms with Crippen molar-refractivity contribution in [1.82, 2.24) is 4.90 Å². The van der Waals surface area contributed by atoms with Gasteiger partial charge in [0.05, 0.1) is 12.1 Å². The first kappa shape index (κ1) is 13.2. The van der Waals surface area contributed by atoms with Crippen LogP contribution in [0.1, 0.15) is 15.9 Å². The summed E-state index contributed by atoms with van der Waals surface area (Å²) in [6, 6.07) is 4.82. The lowest BCUT2D eigenvalue weighted by Crippen LogP contribution is -2.27. The Kier molecular flexibility index (Phi) is 4.23. The fourth-order valence-electron chi connectivity index (χ4n) is 1.48. The fourth-order valence-corrected chi connectivity index (χ4v) is 1.48. The SMILES string of the molecule is Cc1c(NC(=O)CN(C)C)cccc1C(=O)O. The van der Waals surface area contributed by atoms with Crippen LogP contribution in [0.4, 0.5) is 5.69 Å². The van der Waals surface area contributed by atoms with Gasteiger partial charge in [-0.2, -0.15) is 0 Å². The molecule has 1 aromatic carbocycles. The molecule has 2 N–H and O–H groups in total. The van der Waals surface area contributed by atoms with Crippen LogP contribution in [0.15, 0.2) is 18.2 Å². The van der Waals surface area contributed by atoms with Gasteiger partial charge in [0.2, 0.25) is 5.91 Å². The number of carboxylic acid groups (broad SMARTS) is 1. The van der Waals surface area contributed by atoms with Gasteiger partial charge in [0.15, 0.2) is 0 Å². The van der Waals surface area contributed by atoms with Gasteiger partial charge in [-0.1, -0.05) is 6.07 Å². The first-order chi connectivity index (χ1) is 7.91. The zero-order valence-electron chi connectivity index (χ0n) is 10.2. The average Bonchev–Trinajstić information content (AvgIpc) is 2.19. The molecule has 5 nitrogen and oxygen atoms in total. The van der Waals surface area contributed by atoms with Gasteiger partial charge in [-0.05, 0) is 38.7 Å². The van der Waals surface area contributed by atoms with Crippen LogP contribution in [-0.2, 0) is 4.79 Å². The number of nitrogens with zero attached hydrogens (tertiary/aromatic N) is 1. The molecule has 0 aliphatic rings. The van der Waals surface area contributed by atoms with Crippen LogP contribution in [0, 0.1) is 6.92 Å². The smallest absolute Gasteiger partial charge is 0.336 e. The molecule has 0 bridgehead atoms. The molecule has 1 rings (SSSR count). The predicted molar refractivity (Wildman–Crippen MR) is 65.3 cm³/mol. The fraction of sp³-hybridized carbons (Fsp3) is 0.333. The molecule has 17 heavy (non-hydrogen) atoms. The number of benzene rings is 1. The topological polar surface area (TPSA) is 69.6 Å². The van der Waals surface area contributed by atoms with Gasteiger partial charge in [0.25, 0.3) is 0 Å². The van der Waals surface area contributed by atoms with Crippen LogP contribution in [0.3, 0.4) is 0 Å². The molecule has 1 aromatic rings. The van der Waals surface area contributed by atoms with Gasteiger partial charge >= 0.3 is 5.97 Å². The van der Waals surface area contributed by atoms with Gasteiger partial charge < -0.3 is 15.3 Å². The molecule has 5 heteroatoms. The Hall–Kier alpha value is -1.88. The van der Waals surface area contributed by atoms with E-state index in [9.17, 15) is 9.59 Å².